The van der Waals surface area contributed by atoms with Crippen molar-refractivity contribution in [3.63, 3.8) is 0 Å². The predicted molar refractivity (Wildman–Crippen MR) is 91.7 cm³/mol. The van der Waals surface area contributed by atoms with Crippen LogP contribution in [0.5, 0.6) is 5.75 Å². The zero-order chi connectivity index (χ0) is 17.4. The third-order valence-corrected chi connectivity index (χ3v) is 3.47. The van der Waals surface area contributed by atoms with Crippen LogP contribution in [0.25, 0.3) is 0 Å². The van der Waals surface area contributed by atoms with E-state index in [4.69, 9.17) is 32.7 Å². The molecule has 24 heavy (non-hydrogen) atoms. The summed E-state index contributed by atoms with van der Waals surface area (Å²) in [5.74, 6) is -0.395. The van der Waals surface area contributed by atoms with Gasteiger partial charge in [0.2, 0.25) is 0 Å². The van der Waals surface area contributed by atoms with Crippen LogP contribution in [0, 0.1) is 0 Å². The van der Waals surface area contributed by atoms with Crippen molar-refractivity contribution in [2.24, 2.45) is 0 Å². The largest absolute Gasteiger partial charge is 0.492 e. The first kappa shape index (κ1) is 18.1. The van der Waals surface area contributed by atoms with Crippen molar-refractivity contribution in [3.05, 3.63) is 64.1 Å². The molecular formula is C17H15Cl2NO4. The maximum Gasteiger partial charge on any atom is 0.340 e. The molecule has 7 heteroatoms. The first-order valence-corrected chi connectivity index (χ1v) is 7.88. The maximum atomic E-state index is 11.8. The lowest BCUT2D eigenvalue weighted by Crippen LogP contribution is -2.32. The molecule has 0 bridgehead atoms. The lowest BCUT2D eigenvalue weighted by Gasteiger charge is -2.09. The highest BCUT2D eigenvalue weighted by molar-refractivity contribution is 6.36. The smallest absolute Gasteiger partial charge is 0.340 e. The monoisotopic (exact) mass is 367 g/mol. The summed E-state index contributed by atoms with van der Waals surface area (Å²) in [7, 11) is 0. The topological polar surface area (TPSA) is 64.6 Å². The molecule has 5 nitrogen and oxygen atoms in total. The van der Waals surface area contributed by atoms with Crippen LogP contribution < -0.4 is 10.1 Å². The molecule has 0 aliphatic heterocycles. The van der Waals surface area contributed by atoms with Gasteiger partial charge in [0.25, 0.3) is 5.91 Å². The van der Waals surface area contributed by atoms with Crippen LogP contribution in [-0.2, 0) is 9.53 Å². The Bertz CT molecular complexity index is 707. The molecule has 0 aliphatic rings. The number of halogens is 2. The Hall–Kier alpha value is -2.24. The summed E-state index contributed by atoms with van der Waals surface area (Å²) in [5.41, 5.74) is 0.154. The second kappa shape index (κ2) is 9.15. The fourth-order valence-corrected chi connectivity index (χ4v) is 2.28. The van der Waals surface area contributed by atoms with Gasteiger partial charge in [-0.1, -0.05) is 41.4 Å². The van der Waals surface area contributed by atoms with E-state index >= 15 is 0 Å². The van der Waals surface area contributed by atoms with Gasteiger partial charge >= 0.3 is 5.97 Å². The number of carbonyl (C=O) groups is 2. The molecule has 0 aliphatic carbocycles. The summed E-state index contributed by atoms with van der Waals surface area (Å²) in [6.07, 6.45) is 0. The second-order valence-electron chi connectivity index (χ2n) is 4.71. The van der Waals surface area contributed by atoms with Crippen molar-refractivity contribution in [3.8, 4) is 5.75 Å². The molecule has 0 saturated heterocycles. The number of esters is 1. The minimum atomic E-state index is -0.688. The Balaban J connectivity index is 1.68. The number of rotatable bonds is 7. The molecular weight excluding hydrogens is 353 g/mol. The number of hydrogen-bond acceptors (Lipinski definition) is 4. The summed E-state index contributed by atoms with van der Waals surface area (Å²) < 4.78 is 10.3. The maximum absolute atomic E-state index is 11.8. The van der Waals surface area contributed by atoms with Crippen molar-refractivity contribution >= 4 is 35.1 Å². The normalized spacial score (nSPS) is 10.1. The van der Waals surface area contributed by atoms with Gasteiger partial charge in [0.05, 0.1) is 17.1 Å². The van der Waals surface area contributed by atoms with E-state index < -0.39 is 18.5 Å². The molecule has 2 aromatic rings. The van der Waals surface area contributed by atoms with E-state index in [1.54, 1.807) is 0 Å². The summed E-state index contributed by atoms with van der Waals surface area (Å²) in [6, 6.07) is 13.6. The van der Waals surface area contributed by atoms with Crippen molar-refractivity contribution in [2.45, 2.75) is 0 Å². The molecule has 2 aromatic carbocycles. The second-order valence-corrected chi connectivity index (χ2v) is 5.56. The number of hydrogen-bond donors (Lipinski definition) is 1. The van der Waals surface area contributed by atoms with Gasteiger partial charge in [-0.15, -0.1) is 0 Å². The first-order valence-electron chi connectivity index (χ1n) is 7.13. The van der Waals surface area contributed by atoms with E-state index in [9.17, 15) is 9.59 Å². The highest BCUT2D eigenvalue weighted by atomic mass is 35.5. The molecule has 0 aromatic heterocycles. The molecule has 126 valence electrons. The van der Waals surface area contributed by atoms with Crippen LogP contribution in [0.2, 0.25) is 10.0 Å². The van der Waals surface area contributed by atoms with E-state index in [0.29, 0.717) is 18.2 Å². The lowest BCUT2D eigenvalue weighted by atomic mass is 10.2. The van der Waals surface area contributed by atoms with Crippen LogP contribution in [0.4, 0.5) is 0 Å². The van der Waals surface area contributed by atoms with Gasteiger partial charge in [-0.2, -0.15) is 0 Å². The van der Waals surface area contributed by atoms with E-state index in [1.165, 1.54) is 18.2 Å². The number of benzene rings is 2. The Morgan fingerprint density at radius 1 is 1.04 bits per heavy atom. The van der Waals surface area contributed by atoms with Gasteiger partial charge in [0.15, 0.2) is 6.61 Å². The average molecular weight is 368 g/mol. The van der Waals surface area contributed by atoms with Crippen LogP contribution in [0.3, 0.4) is 0 Å². The zero-order valence-corrected chi connectivity index (χ0v) is 14.1. The van der Waals surface area contributed by atoms with Gasteiger partial charge in [0.1, 0.15) is 12.4 Å². The first-order chi connectivity index (χ1) is 11.6. The number of ether oxygens (including phenoxy) is 2. The SMILES string of the molecule is O=C(COC(=O)c1ccc(Cl)cc1Cl)NCCOc1ccccc1. The molecule has 1 N–H and O–H groups in total. The van der Waals surface area contributed by atoms with E-state index in [-0.39, 0.29) is 10.6 Å². The molecule has 0 radical (unpaired) electrons. The lowest BCUT2D eigenvalue weighted by molar-refractivity contribution is -0.124. The Kier molecular flexibility index (Phi) is 6.90. The quantitative estimate of drug-likeness (QED) is 0.601. The number of amides is 1. The summed E-state index contributed by atoms with van der Waals surface area (Å²) in [4.78, 5) is 23.5. The summed E-state index contributed by atoms with van der Waals surface area (Å²) in [6.45, 7) is 0.211. The minimum absolute atomic E-state index is 0.154. The van der Waals surface area contributed by atoms with Crippen LogP contribution in [-0.4, -0.2) is 31.6 Å². The van der Waals surface area contributed by atoms with Crippen molar-refractivity contribution in [1.82, 2.24) is 5.32 Å². The van der Waals surface area contributed by atoms with Gasteiger partial charge in [-0.25, -0.2) is 4.79 Å². The van der Waals surface area contributed by atoms with Gasteiger partial charge in [0, 0.05) is 5.02 Å². The van der Waals surface area contributed by atoms with E-state index in [1.807, 2.05) is 30.3 Å². The molecule has 0 unspecified atom stereocenters. The molecule has 0 saturated carbocycles. The number of nitrogens with one attached hydrogen (secondary N) is 1. The number of para-hydroxylation sites is 1. The highest BCUT2D eigenvalue weighted by Crippen LogP contribution is 2.21. The van der Waals surface area contributed by atoms with Crippen molar-refractivity contribution in [1.29, 1.82) is 0 Å². The predicted octanol–water partition coefficient (Wildman–Crippen LogP) is 3.35. The third kappa shape index (κ3) is 5.76. The van der Waals surface area contributed by atoms with Crippen molar-refractivity contribution in [2.75, 3.05) is 19.8 Å². The van der Waals surface area contributed by atoms with Crippen LogP contribution in [0.15, 0.2) is 48.5 Å². The molecule has 2 rings (SSSR count). The molecule has 0 fully saturated rings. The molecule has 1 amide bonds. The summed E-state index contributed by atoms with van der Waals surface area (Å²) in [5, 5.41) is 3.17. The minimum Gasteiger partial charge on any atom is -0.492 e. The Labute approximate surface area is 149 Å². The Morgan fingerprint density at radius 2 is 1.79 bits per heavy atom. The van der Waals surface area contributed by atoms with Crippen LogP contribution >= 0.6 is 23.2 Å². The fraction of sp³-hybridized carbons (Fsp3) is 0.176. The molecule has 0 heterocycles. The van der Waals surface area contributed by atoms with Gasteiger partial charge in [-0.3, -0.25) is 4.79 Å². The standard InChI is InChI=1S/C17H15Cl2NO4/c18-12-6-7-14(15(19)10-12)17(22)24-11-16(21)20-8-9-23-13-4-2-1-3-5-13/h1-7,10H,8-9,11H2,(H,20,21). The number of carbonyl (C=O) groups excluding carboxylic acids is 2. The van der Waals surface area contributed by atoms with Crippen LogP contribution in [0.1, 0.15) is 10.4 Å². The molecule has 0 spiro atoms. The molecule has 0 atom stereocenters. The van der Waals surface area contributed by atoms with Gasteiger partial charge < -0.3 is 14.8 Å². The fourth-order valence-electron chi connectivity index (χ4n) is 1.79. The van der Waals surface area contributed by atoms with E-state index in [0.717, 1.165) is 5.75 Å². The van der Waals surface area contributed by atoms with Gasteiger partial charge in [-0.05, 0) is 30.3 Å². The van der Waals surface area contributed by atoms with Crippen molar-refractivity contribution < 1.29 is 19.1 Å². The average Bonchev–Trinajstić information content (AvgIpc) is 2.57. The summed E-state index contributed by atoms with van der Waals surface area (Å²) >= 11 is 11.6. The zero-order valence-electron chi connectivity index (χ0n) is 12.6. The highest BCUT2D eigenvalue weighted by Gasteiger charge is 2.13. The van der Waals surface area contributed by atoms with E-state index in [2.05, 4.69) is 5.32 Å². The Morgan fingerprint density at radius 3 is 2.50 bits per heavy atom. The third-order valence-electron chi connectivity index (χ3n) is 2.92.